The molecule has 4 aromatic rings. The molecule has 2 N–H and O–H groups in total. The lowest BCUT2D eigenvalue weighted by atomic mass is 10.1. The summed E-state index contributed by atoms with van der Waals surface area (Å²) < 4.78 is 26.5. The first-order valence-electron chi connectivity index (χ1n) is 15.1. The average molecular weight is 633 g/mol. The van der Waals surface area contributed by atoms with Gasteiger partial charge >= 0.3 is 12.0 Å². The number of carbonyl (C=O) groups excluding carboxylic acids is 2. The number of amides is 2. The zero-order chi connectivity index (χ0) is 30.9. The molecule has 2 aliphatic carbocycles. The lowest BCUT2D eigenvalue weighted by Crippen LogP contribution is -2.30. The van der Waals surface area contributed by atoms with Crippen LogP contribution in [0.15, 0.2) is 61.2 Å². The van der Waals surface area contributed by atoms with E-state index in [4.69, 9.17) is 30.5 Å². The molecule has 45 heavy (non-hydrogen) atoms. The molecule has 7 rings (SSSR count). The van der Waals surface area contributed by atoms with Crippen molar-refractivity contribution in [1.82, 2.24) is 24.8 Å². The molecule has 2 saturated carbocycles. The van der Waals surface area contributed by atoms with Gasteiger partial charge in [0.1, 0.15) is 12.4 Å². The van der Waals surface area contributed by atoms with Gasteiger partial charge in [-0.1, -0.05) is 48.0 Å². The van der Waals surface area contributed by atoms with Crippen molar-refractivity contribution in [1.29, 1.82) is 0 Å². The third kappa shape index (κ3) is 6.10. The standard InChI is InChI=1S/C32H33ClN6O6/c1-2-43-30(40)21-9-6-10-23(33)22(21)15-42-14-19-13-24(27-26(19)44-31(45-27)18-7-4-3-5-8-18)39-17-36-25-28(34-16-35-29(25)39)38-32(41)37-20-11-12-20/h3-10,16-17,19-20,24,26-27,31H,2,11-15H2,1H3,(H2,34,35,37,38,41)/t19?,24?,26?,27?,31-/m0/s1. The molecule has 13 heteroatoms. The third-order valence-electron chi connectivity index (χ3n) is 8.40. The molecule has 1 aliphatic heterocycles. The highest BCUT2D eigenvalue weighted by molar-refractivity contribution is 6.31. The Morgan fingerprint density at radius 2 is 1.87 bits per heavy atom. The molecule has 3 aliphatic rings. The lowest BCUT2D eigenvalue weighted by Gasteiger charge is -2.21. The Morgan fingerprint density at radius 1 is 1.04 bits per heavy atom. The van der Waals surface area contributed by atoms with E-state index in [0.29, 0.717) is 46.2 Å². The predicted molar refractivity (Wildman–Crippen MR) is 164 cm³/mol. The first kappa shape index (κ1) is 29.6. The molecule has 234 valence electrons. The number of rotatable bonds is 10. The SMILES string of the molecule is CCOC(=O)c1cccc(Cl)c1COCC1CC(n2cnc3c(NC(=O)NC4CC4)ncnc32)C2O[C@@H](c3ccccc3)OC12. The van der Waals surface area contributed by atoms with E-state index in [1.165, 1.54) is 6.33 Å². The summed E-state index contributed by atoms with van der Waals surface area (Å²) in [6, 6.07) is 14.7. The number of hydrogen-bond donors (Lipinski definition) is 2. The topological polar surface area (TPSA) is 139 Å². The molecular formula is C32H33ClN6O6. The Kier molecular flexibility index (Phi) is 8.37. The Bertz CT molecular complexity index is 1700. The number of imidazole rings is 1. The van der Waals surface area contributed by atoms with Crippen molar-refractivity contribution in [3.63, 3.8) is 0 Å². The number of carbonyl (C=O) groups is 2. The van der Waals surface area contributed by atoms with Gasteiger partial charge in [0.15, 0.2) is 23.3 Å². The molecule has 3 fully saturated rings. The summed E-state index contributed by atoms with van der Waals surface area (Å²) in [5.74, 6) is -0.150. The molecule has 2 aromatic carbocycles. The van der Waals surface area contributed by atoms with Crippen LogP contribution < -0.4 is 10.6 Å². The molecular weight excluding hydrogens is 600 g/mol. The van der Waals surface area contributed by atoms with Crippen LogP contribution in [0.25, 0.3) is 11.2 Å². The number of aromatic nitrogens is 4. The van der Waals surface area contributed by atoms with E-state index in [-0.39, 0.29) is 49.5 Å². The quantitative estimate of drug-likeness (QED) is 0.226. The van der Waals surface area contributed by atoms with E-state index in [9.17, 15) is 9.59 Å². The van der Waals surface area contributed by atoms with Crippen molar-refractivity contribution in [2.75, 3.05) is 18.5 Å². The maximum absolute atomic E-state index is 12.6. The second kappa shape index (κ2) is 12.7. The number of benzene rings is 2. The number of halogens is 1. The van der Waals surface area contributed by atoms with E-state index in [2.05, 4.69) is 25.6 Å². The van der Waals surface area contributed by atoms with Gasteiger partial charge in [0.2, 0.25) is 0 Å². The van der Waals surface area contributed by atoms with Crippen LogP contribution in [0.4, 0.5) is 10.6 Å². The van der Waals surface area contributed by atoms with Crippen LogP contribution in [0.3, 0.4) is 0 Å². The van der Waals surface area contributed by atoms with E-state index < -0.39 is 12.3 Å². The zero-order valence-electron chi connectivity index (χ0n) is 24.6. The van der Waals surface area contributed by atoms with Gasteiger partial charge in [0.05, 0.1) is 43.9 Å². The smallest absolute Gasteiger partial charge is 0.338 e. The van der Waals surface area contributed by atoms with Crippen LogP contribution >= 0.6 is 11.6 Å². The van der Waals surface area contributed by atoms with Crippen LogP contribution in [0.2, 0.25) is 5.02 Å². The number of anilines is 1. The first-order chi connectivity index (χ1) is 22.0. The largest absolute Gasteiger partial charge is 0.462 e. The first-order valence-corrected chi connectivity index (χ1v) is 15.5. The normalized spacial score (nSPS) is 24.0. The van der Waals surface area contributed by atoms with Gasteiger partial charge in [0.25, 0.3) is 0 Å². The molecule has 0 bridgehead atoms. The van der Waals surface area contributed by atoms with Gasteiger partial charge in [-0.05, 0) is 38.3 Å². The van der Waals surface area contributed by atoms with E-state index in [1.807, 2.05) is 34.9 Å². The fraction of sp³-hybridized carbons (Fsp3) is 0.406. The van der Waals surface area contributed by atoms with Crippen LogP contribution in [-0.2, 0) is 25.6 Å². The van der Waals surface area contributed by atoms with Crippen molar-refractivity contribution >= 4 is 40.6 Å². The monoisotopic (exact) mass is 632 g/mol. The number of nitrogens with zero attached hydrogens (tertiary/aromatic N) is 4. The molecule has 12 nitrogen and oxygen atoms in total. The van der Waals surface area contributed by atoms with E-state index in [1.54, 1.807) is 31.5 Å². The molecule has 1 saturated heterocycles. The Balaban J connectivity index is 1.13. The number of fused-ring (bicyclic) bond motifs is 2. The second-order valence-electron chi connectivity index (χ2n) is 11.4. The second-order valence-corrected chi connectivity index (χ2v) is 11.8. The van der Waals surface area contributed by atoms with Gasteiger partial charge in [0, 0.05) is 28.1 Å². The van der Waals surface area contributed by atoms with Crippen LogP contribution in [0.1, 0.15) is 60.0 Å². The maximum atomic E-state index is 12.6. The molecule has 3 heterocycles. The lowest BCUT2D eigenvalue weighted by molar-refractivity contribution is -0.0935. The van der Waals surface area contributed by atoms with Crippen molar-refractivity contribution < 1.29 is 28.5 Å². The Labute approximate surface area is 264 Å². The molecule has 0 radical (unpaired) electrons. The number of esters is 1. The minimum atomic E-state index is -0.543. The zero-order valence-corrected chi connectivity index (χ0v) is 25.4. The van der Waals surface area contributed by atoms with Gasteiger partial charge in [-0.25, -0.2) is 24.5 Å². The summed E-state index contributed by atoms with van der Waals surface area (Å²) in [5.41, 5.74) is 2.96. The number of urea groups is 1. The summed E-state index contributed by atoms with van der Waals surface area (Å²) in [5, 5.41) is 6.16. The molecule has 2 amide bonds. The average Bonchev–Trinajstić information content (AvgIpc) is 3.43. The summed E-state index contributed by atoms with van der Waals surface area (Å²) in [4.78, 5) is 38.4. The number of hydrogen-bond acceptors (Lipinski definition) is 9. The predicted octanol–water partition coefficient (Wildman–Crippen LogP) is 5.20. The minimum absolute atomic E-state index is 0.0524. The Hall–Kier alpha value is -4.10. The van der Waals surface area contributed by atoms with Crippen molar-refractivity contribution in [3.8, 4) is 0 Å². The molecule has 5 atom stereocenters. The van der Waals surface area contributed by atoms with Crippen molar-refractivity contribution in [2.24, 2.45) is 5.92 Å². The minimum Gasteiger partial charge on any atom is -0.462 e. The maximum Gasteiger partial charge on any atom is 0.338 e. The van der Waals surface area contributed by atoms with Crippen LogP contribution in [-0.4, -0.2) is 63.0 Å². The summed E-state index contributed by atoms with van der Waals surface area (Å²) in [6.45, 7) is 2.49. The molecule has 4 unspecified atom stereocenters. The molecule has 0 spiro atoms. The van der Waals surface area contributed by atoms with Crippen LogP contribution in [0, 0.1) is 5.92 Å². The fourth-order valence-corrected chi connectivity index (χ4v) is 6.33. The summed E-state index contributed by atoms with van der Waals surface area (Å²) >= 11 is 6.48. The highest BCUT2D eigenvalue weighted by atomic mass is 35.5. The van der Waals surface area contributed by atoms with Crippen molar-refractivity contribution in [2.45, 2.75) is 63.4 Å². The summed E-state index contributed by atoms with van der Waals surface area (Å²) in [6.07, 6.45) is 4.61. The van der Waals surface area contributed by atoms with Gasteiger partial charge in [-0.2, -0.15) is 0 Å². The number of ether oxygens (including phenoxy) is 4. The summed E-state index contributed by atoms with van der Waals surface area (Å²) in [7, 11) is 0. The highest BCUT2D eigenvalue weighted by Gasteiger charge is 2.52. The third-order valence-corrected chi connectivity index (χ3v) is 8.75. The highest BCUT2D eigenvalue weighted by Crippen LogP contribution is 2.48. The molecule has 2 aromatic heterocycles. The van der Waals surface area contributed by atoms with Gasteiger partial charge < -0.3 is 28.8 Å². The van der Waals surface area contributed by atoms with Crippen LogP contribution in [0.5, 0.6) is 0 Å². The van der Waals surface area contributed by atoms with E-state index >= 15 is 0 Å². The van der Waals surface area contributed by atoms with Crippen molar-refractivity contribution in [3.05, 3.63) is 82.9 Å². The van der Waals surface area contributed by atoms with Gasteiger partial charge in [-0.15, -0.1) is 0 Å². The number of nitrogens with one attached hydrogen (secondary N) is 2. The Morgan fingerprint density at radius 3 is 2.67 bits per heavy atom. The van der Waals surface area contributed by atoms with E-state index in [0.717, 1.165) is 18.4 Å². The fourth-order valence-electron chi connectivity index (χ4n) is 6.10. The van der Waals surface area contributed by atoms with Gasteiger partial charge in [-0.3, -0.25) is 5.32 Å².